The van der Waals surface area contributed by atoms with Crippen LogP contribution in [0.25, 0.3) is 0 Å². The highest BCUT2D eigenvalue weighted by atomic mass is 35.5. The number of carboxylic acid groups (broad SMARTS) is 1. The summed E-state index contributed by atoms with van der Waals surface area (Å²) in [5.74, 6) is 1.60. The summed E-state index contributed by atoms with van der Waals surface area (Å²) < 4.78 is 0. The lowest BCUT2D eigenvalue weighted by atomic mass is 9.76. The van der Waals surface area contributed by atoms with Crippen molar-refractivity contribution < 1.29 is 9.90 Å². The molecule has 0 amide bonds. The van der Waals surface area contributed by atoms with Crippen molar-refractivity contribution >= 4 is 40.8 Å². The molecule has 36 heavy (non-hydrogen) atoms. The number of rotatable bonds is 7. The van der Waals surface area contributed by atoms with Crippen LogP contribution < -0.4 is 10.2 Å². The lowest BCUT2D eigenvalue weighted by Gasteiger charge is -2.50. The minimum Gasteiger partial charge on any atom is -0.481 e. The van der Waals surface area contributed by atoms with Crippen LogP contribution in [0.15, 0.2) is 24.4 Å². The van der Waals surface area contributed by atoms with E-state index in [2.05, 4.69) is 26.2 Å². The Morgan fingerprint density at radius 3 is 2.72 bits per heavy atom. The van der Waals surface area contributed by atoms with E-state index in [1.165, 1.54) is 12.8 Å². The van der Waals surface area contributed by atoms with Crippen molar-refractivity contribution in [1.82, 2.24) is 14.9 Å². The van der Waals surface area contributed by atoms with Crippen LogP contribution in [0.1, 0.15) is 49.9 Å². The largest absolute Gasteiger partial charge is 0.481 e. The molecule has 2 N–H and O–H groups in total. The van der Waals surface area contributed by atoms with Crippen molar-refractivity contribution in [2.24, 2.45) is 17.8 Å². The third-order valence-electron chi connectivity index (χ3n) is 8.02. The maximum Gasteiger partial charge on any atom is 0.306 e. The van der Waals surface area contributed by atoms with Gasteiger partial charge in [-0.3, -0.25) is 4.79 Å². The van der Waals surface area contributed by atoms with E-state index >= 15 is 0 Å². The average Bonchev–Trinajstić information content (AvgIpc) is 2.77. The summed E-state index contributed by atoms with van der Waals surface area (Å²) in [5, 5.41) is 23.2. The molecule has 2 atom stereocenters. The summed E-state index contributed by atoms with van der Waals surface area (Å²) >= 11 is 12.4. The fourth-order valence-corrected chi connectivity index (χ4v) is 6.26. The Kier molecular flexibility index (Phi) is 7.25. The SMILES string of the molecule is C[C@@H](Nc1nc(N2CC(C3CCCN(C4CC(C(=O)O)C4)C3)C2)cnc1C#N)c1ccc(Cl)cc1Cl. The first-order chi connectivity index (χ1) is 17.3. The van der Waals surface area contributed by atoms with Crippen LogP contribution in [0.3, 0.4) is 0 Å². The number of piperidine rings is 1. The molecule has 2 saturated heterocycles. The topological polar surface area (TPSA) is 105 Å². The molecule has 1 aromatic carbocycles. The first-order valence-corrected chi connectivity index (χ1v) is 13.3. The average molecular weight is 529 g/mol. The number of nitrogens with zero attached hydrogens (tertiary/aromatic N) is 5. The van der Waals surface area contributed by atoms with Gasteiger partial charge in [-0.25, -0.2) is 9.97 Å². The predicted molar refractivity (Wildman–Crippen MR) is 139 cm³/mol. The lowest BCUT2D eigenvalue weighted by Crippen LogP contribution is -2.56. The third kappa shape index (κ3) is 5.10. The van der Waals surface area contributed by atoms with Crippen LogP contribution in [0.4, 0.5) is 11.6 Å². The maximum absolute atomic E-state index is 11.2. The number of nitrogens with one attached hydrogen (secondary N) is 1. The molecule has 1 unspecified atom stereocenters. The van der Waals surface area contributed by atoms with E-state index in [0.29, 0.717) is 33.7 Å². The molecular weight excluding hydrogens is 499 g/mol. The van der Waals surface area contributed by atoms with E-state index < -0.39 is 5.97 Å². The van der Waals surface area contributed by atoms with E-state index in [0.717, 1.165) is 50.4 Å². The number of hydrogen-bond donors (Lipinski definition) is 2. The number of nitriles is 1. The smallest absolute Gasteiger partial charge is 0.306 e. The summed E-state index contributed by atoms with van der Waals surface area (Å²) in [6.45, 7) is 5.93. The molecular formula is C26H30Cl2N6O2. The quantitative estimate of drug-likeness (QED) is 0.525. The van der Waals surface area contributed by atoms with Gasteiger partial charge >= 0.3 is 5.97 Å². The molecule has 3 fully saturated rings. The van der Waals surface area contributed by atoms with Crippen LogP contribution in [0.5, 0.6) is 0 Å². The standard InChI is InChI=1S/C26H30Cl2N6O2/c1-15(21-5-4-19(27)9-22(21)28)31-25-23(10-29)30-11-24(32-25)34-13-18(14-34)16-3-2-6-33(12-16)20-7-17(8-20)26(35)36/h4-5,9,11,15-18,20H,2-3,6-8,12-14H2,1H3,(H,31,32)(H,35,36)/t15-,16?,17?,20?/m1/s1. The van der Waals surface area contributed by atoms with Gasteiger partial charge in [0.05, 0.1) is 18.2 Å². The number of benzene rings is 1. The fraction of sp³-hybridized carbons (Fsp3) is 0.538. The van der Waals surface area contributed by atoms with Gasteiger partial charge in [0.2, 0.25) is 0 Å². The van der Waals surface area contributed by atoms with E-state index in [-0.39, 0.29) is 17.7 Å². The van der Waals surface area contributed by atoms with Crippen LogP contribution in [-0.2, 0) is 4.79 Å². The molecule has 3 heterocycles. The number of anilines is 2. The van der Waals surface area contributed by atoms with Crippen molar-refractivity contribution in [3.63, 3.8) is 0 Å². The van der Waals surface area contributed by atoms with Gasteiger partial charge in [0.15, 0.2) is 11.5 Å². The Labute approximate surface area is 221 Å². The zero-order valence-corrected chi connectivity index (χ0v) is 21.7. The normalized spacial score (nSPS) is 25.4. The Morgan fingerprint density at radius 2 is 2.03 bits per heavy atom. The van der Waals surface area contributed by atoms with Gasteiger partial charge in [-0.2, -0.15) is 5.26 Å². The highest BCUT2D eigenvalue weighted by molar-refractivity contribution is 6.35. The summed E-state index contributed by atoms with van der Waals surface area (Å²) in [6, 6.07) is 7.72. The Morgan fingerprint density at radius 1 is 1.25 bits per heavy atom. The number of aliphatic carboxylic acids is 1. The number of aromatic nitrogens is 2. The Bertz CT molecular complexity index is 1180. The molecule has 3 aliphatic rings. The fourth-order valence-electron chi connectivity index (χ4n) is 5.69. The second-order valence-electron chi connectivity index (χ2n) is 10.3. The van der Waals surface area contributed by atoms with Crippen molar-refractivity contribution in [3.8, 4) is 6.07 Å². The van der Waals surface area contributed by atoms with Gasteiger partial charge in [-0.05, 0) is 68.7 Å². The molecule has 10 heteroatoms. The molecule has 0 bridgehead atoms. The molecule has 0 spiro atoms. The van der Waals surface area contributed by atoms with Gasteiger partial charge in [-0.15, -0.1) is 0 Å². The van der Waals surface area contributed by atoms with Gasteiger partial charge < -0.3 is 20.2 Å². The van der Waals surface area contributed by atoms with Crippen molar-refractivity contribution in [3.05, 3.63) is 45.7 Å². The maximum atomic E-state index is 11.2. The molecule has 2 aliphatic heterocycles. The molecule has 5 rings (SSSR count). The van der Waals surface area contributed by atoms with Gasteiger partial charge in [0.1, 0.15) is 11.9 Å². The zero-order valence-electron chi connectivity index (χ0n) is 20.2. The minimum atomic E-state index is -0.655. The number of hydrogen-bond acceptors (Lipinski definition) is 7. The van der Waals surface area contributed by atoms with Gasteiger partial charge in [0, 0.05) is 35.7 Å². The number of likely N-dealkylation sites (tertiary alicyclic amines) is 1. The van der Waals surface area contributed by atoms with E-state index in [4.69, 9.17) is 28.2 Å². The van der Waals surface area contributed by atoms with E-state index in [1.807, 2.05) is 13.0 Å². The zero-order chi connectivity index (χ0) is 25.4. The molecule has 190 valence electrons. The van der Waals surface area contributed by atoms with Crippen LogP contribution in [0.2, 0.25) is 10.0 Å². The molecule has 1 aromatic heterocycles. The highest BCUT2D eigenvalue weighted by Crippen LogP contribution is 2.38. The molecule has 1 aliphatic carbocycles. The molecule has 2 aromatic rings. The Balaban J connectivity index is 1.20. The van der Waals surface area contributed by atoms with Crippen LogP contribution in [-0.4, -0.2) is 58.2 Å². The predicted octanol–water partition coefficient (Wildman–Crippen LogP) is 4.84. The summed E-state index contributed by atoms with van der Waals surface area (Å²) in [7, 11) is 0. The van der Waals surface area contributed by atoms with Gasteiger partial charge in [-0.1, -0.05) is 29.3 Å². The summed E-state index contributed by atoms with van der Waals surface area (Å²) in [5.41, 5.74) is 1.11. The molecule has 8 nitrogen and oxygen atoms in total. The lowest BCUT2D eigenvalue weighted by molar-refractivity contribution is -0.147. The summed E-state index contributed by atoms with van der Waals surface area (Å²) in [6.07, 6.45) is 5.64. The van der Waals surface area contributed by atoms with Crippen molar-refractivity contribution in [1.29, 1.82) is 5.26 Å². The first kappa shape index (κ1) is 25.1. The number of carbonyl (C=O) groups is 1. The Hall–Kier alpha value is -2.60. The van der Waals surface area contributed by atoms with Crippen LogP contribution in [0, 0.1) is 29.1 Å². The number of halogens is 2. The van der Waals surface area contributed by atoms with Crippen molar-refractivity contribution in [2.45, 2.75) is 44.7 Å². The summed E-state index contributed by atoms with van der Waals surface area (Å²) in [4.78, 5) is 25.0. The highest BCUT2D eigenvalue weighted by Gasteiger charge is 2.42. The van der Waals surface area contributed by atoms with Crippen molar-refractivity contribution in [2.75, 3.05) is 36.4 Å². The van der Waals surface area contributed by atoms with E-state index in [9.17, 15) is 15.2 Å². The first-order valence-electron chi connectivity index (χ1n) is 12.5. The monoisotopic (exact) mass is 528 g/mol. The minimum absolute atomic E-state index is 0.161. The third-order valence-corrected chi connectivity index (χ3v) is 8.58. The molecule has 0 radical (unpaired) electrons. The number of carboxylic acids is 1. The second-order valence-corrected chi connectivity index (χ2v) is 11.1. The van der Waals surface area contributed by atoms with E-state index in [1.54, 1.807) is 18.3 Å². The second kappa shape index (κ2) is 10.4. The van der Waals surface area contributed by atoms with Crippen LogP contribution >= 0.6 is 23.2 Å². The van der Waals surface area contributed by atoms with Gasteiger partial charge in [0.25, 0.3) is 0 Å². The molecule has 1 saturated carbocycles.